The molecule has 104 valence electrons. The predicted molar refractivity (Wildman–Crippen MR) is 82.5 cm³/mol. The SMILES string of the molecule is C[C@@H](NC1c2ccccc2CC1(C)C)c1ccncc1. The zero-order chi connectivity index (χ0) is 14.2. The van der Waals surface area contributed by atoms with E-state index in [0.29, 0.717) is 12.1 Å². The molecule has 1 heterocycles. The summed E-state index contributed by atoms with van der Waals surface area (Å²) in [5.41, 5.74) is 4.49. The first kappa shape index (κ1) is 13.3. The van der Waals surface area contributed by atoms with E-state index in [2.05, 4.69) is 67.5 Å². The van der Waals surface area contributed by atoms with E-state index in [-0.39, 0.29) is 5.41 Å². The van der Waals surface area contributed by atoms with Gasteiger partial charge in [0.15, 0.2) is 0 Å². The van der Waals surface area contributed by atoms with Crippen LogP contribution in [0, 0.1) is 5.41 Å². The molecule has 20 heavy (non-hydrogen) atoms. The first-order chi connectivity index (χ1) is 9.58. The van der Waals surface area contributed by atoms with Crippen LogP contribution in [0.15, 0.2) is 48.8 Å². The zero-order valence-electron chi connectivity index (χ0n) is 12.4. The summed E-state index contributed by atoms with van der Waals surface area (Å²) in [4.78, 5) is 4.10. The Kier molecular flexibility index (Phi) is 3.35. The van der Waals surface area contributed by atoms with Crippen molar-refractivity contribution in [3.63, 3.8) is 0 Å². The van der Waals surface area contributed by atoms with Crippen LogP contribution >= 0.6 is 0 Å². The van der Waals surface area contributed by atoms with Crippen LogP contribution in [0.3, 0.4) is 0 Å². The molecule has 0 bridgehead atoms. The molecule has 1 aromatic carbocycles. The maximum absolute atomic E-state index is 4.10. The molecule has 0 radical (unpaired) electrons. The Bertz CT molecular complexity index is 589. The number of aromatic nitrogens is 1. The second-order valence-electron chi connectivity index (χ2n) is 6.47. The quantitative estimate of drug-likeness (QED) is 0.906. The summed E-state index contributed by atoms with van der Waals surface area (Å²) < 4.78 is 0. The van der Waals surface area contributed by atoms with Gasteiger partial charge in [-0.3, -0.25) is 4.98 Å². The average molecular weight is 266 g/mol. The number of benzene rings is 1. The lowest BCUT2D eigenvalue weighted by Crippen LogP contribution is -2.33. The highest BCUT2D eigenvalue weighted by Gasteiger charge is 2.39. The fraction of sp³-hybridized carbons (Fsp3) is 0.389. The molecule has 1 unspecified atom stereocenters. The summed E-state index contributed by atoms with van der Waals surface area (Å²) in [5, 5.41) is 3.81. The number of hydrogen-bond donors (Lipinski definition) is 1. The maximum atomic E-state index is 4.10. The van der Waals surface area contributed by atoms with Gasteiger partial charge in [-0.15, -0.1) is 0 Å². The van der Waals surface area contributed by atoms with Gasteiger partial charge in [0.1, 0.15) is 0 Å². The molecule has 0 saturated heterocycles. The summed E-state index contributed by atoms with van der Waals surface area (Å²) in [5.74, 6) is 0. The van der Waals surface area contributed by atoms with Crippen LogP contribution in [0.5, 0.6) is 0 Å². The molecule has 0 aliphatic heterocycles. The molecule has 1 aromatic heterocycles. The topological polar surface area (TPSA) is 24.9 Å². The lowest BCUT2D eigenvalue weighted by molar-refractivity contribution is 0.252. The van der Waals surface area contributed by atoms with E-state index in [9.17, 15) is 0 Å². The second-order valence-corrected chi connectivity index (χ2v) is 6.47. The molecule has 0 spiro atoms. The maximum Gasteiger partial charge on any atom is 0.0382 e. The Morgan fingerprint density at radius 3 is 2.60 bits per heavy atom. The lowest BCUT2D eigenvalue weighted by atomic mass is 9.84. The Hall–Kier alpha value is -1.67. The number of nitrogens with zero attached hydrogens (tertiary/aromatic N) is 1. The van der Waals surface area contributed by atoms with Gasteiger partial charge in [-0.1, -0.05) is 38.1 Å². The van der Waals surface area contributed by atoms with E-state index >= 15 is 0 Å². The third-order valence-corrected chi connectivity index (χ3v) is 4.42. The Labute approximate surface area is 121 Å². The molecule has 2 atom stereocenters. The summed E-state index contributed by atoms with van der Waals surface area (Å²) in [6.07, 6.45) is 4.87. The summed E-state index contributed by atoms with van der Waals surface area (Å²) in [6, 6.07) is 13.7. The minimum Gasteiger partial charge on any atom is -0.303 e. The van der Waals surface area contributed by atoms with Crippen LogP contribution in [0.25, 0.3) is 0 Å². The summed E-state index contributed by atoms with van der Waals surface area (Å²) in [7, 11) is 0. The fourth-order valence-electron chi connectivity index (χ4n) is 3.30. The molecule has 3 rings (SSSR count). The van der Waals surface area contributed by atoms with E-state index in [4.69, 9.17) is 0 Å². The average Bonchev–Trinajstić information content (AvgIpc) is 2.70. The number of nitrogens with one attached hydrogen (secondary N) is 1. The molecule has 1 aliphatic rings. The van der Waals surface area contributed by atoms with Crippen molar-refractivity contribution in [3.05, 3.63) is 65.5 Å². The van der Waals surface area contributed by atoms with Crippen LogP contribution in [0.4, 0.5) is 0 Å². The first-order valence-corrected chi connectivity index (χ1v) is 7.32. The van der Waals surface area contributed by atoms with E-state index in [1.807, 2.05) is 12.4 Å². The van der Waals surface area contributed by atoms with E-state index in [0.717, 1.165) is 6.42 Å². The van der Waals surface area contributed by atoms with Gasteiger partial charge in [-0.2, -0.15) is 0 Å². The molecular formula is C18H22N2. The number of pyridine rings is 1. The molecule has 0 amide bonds. The van der Waals surface area contributed by atoms with Crippen LogP contribution in [0.1, 0.15) is 49.5 Å². The third kappa shape index (κ3) is 2.36. The van der Waals surface area contributed by atoms with Crippen molar-refractivity contribution in [2.45, 2.75) is 39.3 Å². The standard InChI is InChI=1S/C18H22N2/c1-13(14-8-10-19-11-9-14)20-17-16-7-5-4-6-15(16)12-18(17,2)3/h4-11,13,17,20H,12H2,1-3H3/t13-,17?/m1/s1. The second kappa shape index (κ2) is 5.02. The minimum absolute atomic E-state index is 0.255. The van der Waals surface area contributed by atoms with Crippen molar-refractivity contribution in [1.82, 2.24) is 10.3 Å². The summed E-state index contributed by atoms with van der Waals surface area (Å²) >= 11 is 0. The number of hydrogen-bond acceptors (Lipinski definition) is 2. The Balaban J connectivity index is 1.86. The Morgan fingerprint density at radius 2 is 1.85 bits per heavy atom. The highest BCUT2D eigenvalue weighted by atomic mass is 15.0. The molecule has 1 N–H and O–H groups in total. The predicted octanol–water partition coefficient (Wildman–Crippen LogP) is 4.06. The lowest BCUT2D eigenvalue weighted by Gasteiger charge is -2.31. The monoisotopic (exact) mass is 266 g/mol. The molecule has 2 aromatic rings. The van der Waals surface area contributed by atoms with Gasteiger partial charge >= 0.3 is 0 Å². The van der Waals surface area contributed by atoms with Gasteiger partial charge < -0.3 is 5.32 Å². The summed E-state index contributed by atoms with van der Waals surface area (Å²) in [6.45, 7) is 6.93. The number of rotatable bonds is 3. The van der Waals surface area contributed by atoms with E-state index in [1.54, 1.807) is 0 Å². The van der Waals surface area contributed by atoms with Gasteiger partial charge in [-0.25, -0.2) is 0 Å². The van der Waals surface area contributed by atoms with Crippen molar-refractivity contribution < 1.29 is 0 Å². The highest BCUT2D eigenvalue weighted by molar-refractivity contribution is 5.38. The van der Waals surface area contributed by atoms with Crippen molar-refractivity contribution in [1.29, 1.82) is 0 Å². The van der Waals surface area contributed by atoms with Gasteiger partial charge in [-0.05, 0) is 47.6 Å². The number of fused-ring (bicyclic) bond motifs is 1. The van der Waals surface area contributed by atoms with Gasteiger partial charge in [0, 0.05) is 24.5 Å². The van der Waals surface area contributed by atoms with Crippen LogP contribution in [0.2, 0.25) is 0 Å². The van der Waals surface area contributed by atoms with Crippen molar-refractivity contribution >= 4 is 0 Å². The normalized spacial score (nSPS) is 21.4. The van der Waals surface area contributed by atoms with Crippen LogP contribution in [-0.2, 0) is 6.42 Å². The molecule has 2 nitrogen and oxygen atoms in total. The molecule has 2 heteroatoms. The molecule has 0 fully saturated rings. The van der Waals surface area contributed by atoms with Crippen molar-refractivity contribution in [2.24, 2.45) is 5.41 Å². The smallest absolute Gasteiger partial charge is 0.0382 e. The van der Waals surface area contributed by atoms with Gasteiger partial charge in [0.05, 0.1) is 0 Å². The Morgan fingerprint density at radius 1 is 1.15 bits per heavy atom. The molecule has 1 aliphatic carbocycles. The van der Waals surface area contributed by atoms with E-state index in [1.165, 1.54) is 16.7 Å². The largest absolute Gasteiger partial charge is 0.303 e. The van der Waals surface area contributed by atoms with Crippen LogP contribution in [-0.4, -0.2) is 4.98 Å². The molecule has 0 saturated carbocycles. The van der Waals surface area contributed by atoms with Crippen LogP contribution < -0.4 is 5.32 Å². The van der Waals surface area contributed by atoms with Gasteiger partial charge in [0.2, 0.25) is 0 Å². The zero-order valence-corrected chi connectivity index (χ0v) is 12.4. The van der Waals surface area contributed by atoms with E-state index < -0.39 is 0 Å². The first-order valence-electron chi connectivity index (χ1n) is 7.32. The van der Waals surface area contributed by atoms with Crippen molar-refractivity contribution in [2.75, 3.05) is 0 Å². The minimum atomic E-state index is 0.255. The highest BCUT2D eigenvalue weighted by Crippen LogP contribution is 2.45. The molecular weight excluding hydrogens is 244 g/mol. The van der Waals surface area contributed by atoms with Crippen molar-refractivity contribution in [3.8, 4) is 0 Å². The fourth-order valence-corrected chi connectivity index (χ4v) is 3.30. The third-order valence-electron chi connectivity index (χ3n) is 4.42. The van der Waals surface area contributed by atoms with Gasteiger partial charge in [0.25, 0.3) is 0 Å².